The van der Waals surface area contributed by atoms with Gasteiger partial charge >= 0.3 is 0 Å². The van der Waals surface area contributed by atoms with Crippen molar-refractivity contribution in [2.24, 2.45) is 0 Å². The second-order valence-electron chi connectivity index (χ2n) is 4.25. The smallest absolute Gasteiger partial charge is 0.258 e. The number of aromatic hydroxyl groups is 1. The molecule has 0 unspecified atom stereocenters. The van der Waals surface area contributed by atoms with Crippen LogP contribution >= 0.6 is 0 Å². The van der Waals surface area contributed by atoms with E-state index < -0.39 is 0 Å². The van der Waals surface area contributed by atoms with Crippen molar-refractivity contribution in [2.75, 3.05) is 14.1 Å². The van der Waals surface area contributed by atoms with E-state index in [1.807, 2.05) is 25.9 Å². The topological polar surface area (TPSA) is 62.4 Å². The summed E-state index contributed by atoms with van der Waals surface area (Å²) in [6.07, 6.45) is 0. The maximum Gasteiger partial charge on any atom is 0.258 e. The van der Waals surface area contributed by atoms with E-state index in [1.54, 1.807) is 18.2 Å². The lowest BCUT2D eigenvalue weighted by molar-refractivity contribution is 0.365. The molecule has 0 aliphatic rings. The lowest BCUT2D eigenvalue weighted by Crippen LogP contribution is -2.11. The van der Waals surface area contributed by atoms with E-state index in [0.717, 1.165) is 11.1 Å². The summed E-state index contributed by atoms with van der Waals surface area (Å²) in [4.78, 5) is 6.28. The molecule has 90 valence electrons. The molecular weight excluding hydrogens is 218 g/mol. The van der Waals surface area contributed by atoms with E-state index >= 15 is 0 Å². The molecule has 17 heavy (non-hydrogen) atoms. The standard InChI is InChI=1S/C12H15N3O2/c1-8-6-9(16)4-5-10(8)12-13-11(14-17-12)7-15(2)3/h4-6,16H,7H2,1-3H3. The van der Waals surface area contributed by atoms with Gasteiger partial charge in [0.1, 0.15) is 5.75 Å². The third-order valence-corrected chi connectivity index (χ3v) is 2.37. The van der Waals surface area contributed by atoms with Gasteiger partial charge < -0.3 is 14.5 Å². The Kier molecular flexibility index (Phi) is 3.10. The number of aromatic nitrogens is 2. The molecule has 5 nitrogen and oxygen atoms in total. The van der Waals surface area contributed by atoms with E-state index in [2.05, 4.69) is 10.1 Å². The van der Waals surface area contributed by atoms with Crippen LogP contribution in [-0.4, -0.2) is 34.2 Å². The van der Waals surface area contributed by atoms with Crippen LogP contribution in [0.5, 0.6) is 5.75 Å². The monoisotopic (exact) mass is 233 g/mol. The van der Waals surface area contributed by atoms with Crippen LogP contribution in [0.1, 0.15) is 11.4 Å². The molecule has 0 spiro atoms. The Balaban J connectivity index is 2.30. The zero-order valence-corrected chi connectivity index (χ0v) is 10.1. The number of nitrogens with zero attached hydrogens (tertiary/aromatic N) is 3. The summed E-state index contributed by atoms with van der Waals surface area (Å²) in [5.41, 5.74) is 1.75. The molecule has 0 aliphatic heterocycles. The van der Waals surface area contributed by atoms with Crippen LogP contribution in [0.25, 0.3) is 11.5 Å². The molecule has 0 fully saturated rings. The van der Waals surface area contributed by atoms with Crippen molar-refractivity contribution < 1.29 is 9.63 Å². The molecule has 2 aromatic rings. The van der Waals surface area contributed by atoms with Crippen LogP contribution in [0.2, 0.25) is 0 Å². The predicted octanol–water partition coefficient (Wildman–Crippen LogP) is 1.81. The Morgan fingerprint density at radius 3 is 2.76 bits per heavy atom. The van der Waals surface area contributed by atoms with Gasteiger partial charge in [-0.25, -0.2) is 0 Å². The molecule has 2 rings (SSSR count). The Labute approximate surface area is 99.7 Å². The normalized spacial score (nSPS) is 11.1. The summed E-state index contributed by atoms with van der Waals surface area (Å²) in [5.74, 6) is 1.37. The molecule has 1 aromatic heterocycles. The summed E-state index contributed by atoms with van der Waals surface area (Å²) < 4.78 is 5.20. The Hall–Kier alpha value is -1.88. The van der Waals surface area contributed by atoms with E-state index in [0.29, 0.717) is 18.3 Å². The number of phenols is 1. The van der Waals surface area contributed by atoms with Crippen molar-refractivity contribution in [1.29, 1.82) is 0 Å². The van der Waals surface area contributed by atoms with Gasteiger partial charge in [0.2, 0.25) is 0 Å². The van der Waals surface area contributed by atoms with E-state index in [1.165, 1.54) is 0 Å². The fourth-order valence-electron chi connectivity index (χ4n) is 1.60. The molecule has 0 amide bonds. The molecule has 0 bridgehead atoms. The minimum atomic E-state index is 0.235. The highest BCUT2D eigenvalue weighted by atomic mass is 16.5. The maximum absolute atomic E-state index is 9.34. The summed E-state index contributed by atoms with van der Waals surface area (Å²) in [5, 5.41) is 13.2. The predicted molar refractivity (Wildman–Crippen MR) is 63.5 cm³/mol. The van der Waals surface area contributed by atoms with Gasteiger partial charge in [0.15, 0.2) is 5.82 Å². The minimum absolute atomic E-state index is 0.235. The highest BCUT2D eigenvalue weighted by Gasteiger charge is 2.11. The van der Waals surface area contributed by atoms with Gasteiger partial charge in [-0.05, 0) is 44.8 Å². The summed E-state index contributed by atoms with van der Waals surface area (Å²) in [6, 6.07) is 5.06. The molecule has 1 aromatic carbocycles. The number of aryl methyl sites for hydroxylation is 1. The van der Waals surface area contributed by atoms with Crippen molar-refractivity contribution in [1.82, 2.24) is 15.0 Å². The average molecular weight is 233 g/mol. The Morgan fingerprint density at radius 1 is 1.35 bits per heavy atom. The second kappa shape index (κ2) is 4.55. The molecule has 1 N–H and O–H groups in total. The van der Waals surface area contributed by atoms with Crippen LogP contribution in [-0.2, 0) is 6.54 Å². The Morgan fingerprint density at radius 2 is 2.12 bits per heavy atom. The maximum atomic E-state index is 9.34. The summed E-state index contributed by atoms with van der Waals surface area (Å²) >= 11 is 0. The number of hydrogen-bond donors (Lipinski definition) is 1. The van der Waals surface area contributed by atoms with Crippen molar-refractivity contribution in [3.63, 3.8) is 0 Å². The fourth-order valence-corrected chi connectivity index (χ4v) is 1.60. The first-order valence-corrected chi connectivity index (χ1v) is 5.33. The molecule has 0 saturated carbocycles. The van der Waals surface area contributed by atoms with Crippen LogP contribution in [0.15, 0.2) is 22.7 Å². The Bertz CT molecular complexity index is 520. The third-order valence-electron chi connectivity index (χ3n) is 2.37. The number of phenolic OH excluding ortho intramolecular Hbond substituents is 1. The molecular formula is C12H15N3O2. The molecule has 1 heterocycles. The van der Waals surface area contributed by atoms with E-state index in [9.17, 15) is 5.11 Å². The number of benzene rings is 1. The fraction of sp³-hybridized carbons (Fsp3) is 0.333. The number of hydrogen-bond acceptors (Lipinski definition) is 5. The highest BCUT2D eigenvalue weighted by Crippen LogP contribution is 2.24. The van der Waals surface area contributed by atoms with Gasteiger partial charge in [-0.2, -0.15) is 4.98 Å². The van der Waals surface area contributed by atoms with Gasteiger partial charge in [-0.1, -0.05) is 5.16 Å². The summed E-state index contributed by atoms with van der Waals surface area (Å²) in [7, 11) is 3.89. The van der Waals surface area contributed by atoms with E-state index in [-0.39, 0.29) is 5.75 Å². The van der Waals surface area contributed by atoms with Crippen molar-refractivity contribution in [3.05, 3.63) is 29.6 Å². The van der Waals surface area contributed by atoms with Gasteiger partial charge in [0.05, 0.1) is 6.54 Å². The zero-order chi connectivity index (χ0) is 12.4. The quantitative estimate of drug-likeness (QED) is 0.876. The molecule has 0 aliphatic carbocycles. The van der Waals surface area contributed by atoms with Crippen LogP contribution in [0.3, 0.4) is 0 Å². The SMILES string of the molecule is Cc1cc(O)ccc1-c1nc(CN(C)C)no1. The zero-order valence-electron chi connectivity index (χ0n) is 10.1. The first-order chi connectivity index (χ1) is 8.06. The lowest BCUT2D eigenvalue weighted by atomic mass is 10.1. The van der Waals surface area contributed by atoms with Gasteiger partial charge in [0.25, 0.3) is 5.89 Å². The molecule has 0 atom stereocenters. The van der Waals surface area contributed by atoms with Crippen molar-refractivity contribution in [3.8, 4) is 17.2 Å². The third kappa shape index (κ3) is 2.62. The minimum Gasteiger partial charge on any atom is -0.508 e. The van der Waals surface area contributed by atoms with E-state index in [4.69, 9.17) is 4.52 Å². The van der Waals surface area contributed by atoms with Crippen LogP contribution < -0.4 is 0 Å². The second-order valence-corrected chi connectivity index (χ2v) is 4.25. The first-order valence-electron chi connectivity index (χ1n) is 5.33. The van der Waals surface area contributed by atoms with Gasteiger partial charge in [-0.3, -0.25) is 0 Å². The molecule has 0 saturated heterocycles. The van der Waals surface area contributed by atoms with Gasteiger partial charge in [-0.15, -0.1) is 0 Å². The highest BCUT2D eigenvalue weighted by molar-refractivity contribution is 5.59. The first kappa shape index (κ1) is 11.6. The van der Waals surface area contributed by atoms with Crippen LogP contribution in [0, 0.1) is 6.92 Å². The average Bonchev–Trinajstić information content (AvgIpc) is 2.65. The number of rotatable bonds is 3. The largest absolute Gasteiger partial charge is 0.508 e. The van der Waals surface area contributed by atoms with Gasteiger partial charge in [0, 0.05) is 5.56 Å². The molecule has 5 heteroatoms. The summed E-state index contributed by atoms with van der Waals surface area (Å²) in [6.45, 7) is 2.53. The molecule has 0 radical (unpaired) electrons. The van der Waals surface area contributed by atoms with Crippen molar-refractivity contribution in [2.45, 2.75) is 13.5 Å². The van der Waals surface area contributed by atoms with Crippen molar-refractivity contribution >= 4 is 0 Å². The lowest BCUT2D eigenvalue weighted by Gasteiger charge is -2.03. The van der Waals surface area contributed by atoms with Crippen LogP contribution in [0.4, 0.5) is 0 Å².